The van der Waals surface area contributed by atoms with Crippen molar-refractivity contribution in [3.8, 4) is 5.75 Å². The molecule has 1 aromatic carbocycles. The molecule has 0 aromatic heterocycles. The van der Waals surface area contributed by atoms with Crippen molar-refractivity contribution >= 4 is 16.5 Å². The summed E-state index contributed by atoms with van der Waals surface area (Å²) in [4.78, 5) is 10.5. The molecular formula is C13H20N2O4S. The summed E-state index contributed by atoms with van der Waals surface area (Å²) >= 11 is 0. The highest BCUT2D eigenvalue weighted by molar-refractivity contribution is 7.84. The van der Waals surface area contributed by atoms with Gasteiger partial charge in [0.05, 0.1) is 12.0 Å². The molecule has 0 aliphatic carbocycles. The third kappa shape index (κ3) is 5.26. The Bertz CT molecular complexity index is 493. The summed E-state index contributed by atoms with van der Waals surface area (Å²) in [6.07, 6.45) is 2.49. The van der Waals surface area contributed by atoms with E-state index in [2.05, 4.69) is 5.32 Å². The van der Waals surface area contributed by atoms with E-state index in [4.69, 9.17) is 4.74 Å². The Labute approximate surface area is 121 Å². The number of benzene rings is 1. The number of nitro benzene ring substituents is 1. The smallest absolute Gasteiger partial charge is 0.311 e. The van der Waals surface area contributed by atoms with Gasteiger partial charge in [0, 0.05) is 41.5 Å². The third-order valence-electron chi connectivity index (χ3n) is 2.93. The molecule has 7 heteroatoms. The highest BCUT2D eigenvalue weighted by atomic mass is 32.2. The maximum absolute atomic E-state index is 11.0. The molecular weight excluding hydrogens is 280 g/mol. The second kappa shape index (κ2) is 7.96. The van der Waals surface area contributed by atoms with Crippen molar-refractivity contribution in [2.24, 2.45) is 0 Å². The first-order valence-corrected chi connectivity index (χ1v) is 8.01. The third-order valence-corrected chi connectivity index (χ3v) is 3.74. The van der Waals surface area contributed by atoms with E-state index >= 15 is 0 Å². The topological polar surface area (TPSA) is 81.5 Å². The molecule has 0 fully saturated rings. The average molecular weight is 300 g/mol. The van der Waals surface area contributed by atoms with Crippen LogP contribution in [0.5, 0.6) is 5.75 Å². The van der Waals surface area contributed by atoms with Crippen molar-refractivity contribution in [2.45, 2.75) is 25.9 Å². The van der Waals surface area contributed by atoms with E-state index in [0.717, 1.165) is 12.0 Å². The number of hydrogen-bond donors (Lipinski definition) is 1. The van der Waals surface area contributed by atoms with Crippen LogP contribution in [0, 0.1) is 10.1 Å². The fourth-order valence-corrected chi connectivity index (χ4v) is 2.41. The molecule has 0 amide bonds. The Morgan fingerprint density at radius 1 is 1.50 bits per heavy atom. The van der Waals surface area contributed by atoms with E-state index in [9.17, 15) is 14.3 Å². The molecule has 20 heavy (non-hydrogen) atoms. The fraction of sp³-hybridized carbons (Fsp3) is 0.538. The molecule has 0 aliphatic heterocycles. The maximum Gasteiger partial charge on any atom is 0.311 e. The van der Waals surface area contributed by atoms with E-state index in [-0.39, 0.29) is 17.5 Å². The van der Waals surface area contributed by atoms with Gasteiger partial charge in [-0.15, -0.1) is 0 Å². The van der Waals surface area contributed by atoms with Crippen LogP contribution in [0.25, 0.3) is 0 Å². The zero-order valence-electron chi connectivity index (χ0n) is 11.9. The lowest BCUT2D eigenvalue weighted by Crippen LogP contribution is -2.27. The van der Waals surface area contributed by atoms with Crippen LogP contribution in [0.1, 0.15) is 18.9 Å². The lowest BCUT2D eigenvalue weighted by atomic mass is 10.1. The molecule has 0 aliphatic rings. The standard InChI is InChI=1S/C13H20N2O4S/c1-10(6-7-20(3)18)14-9-11-4-5-13(19-2)12(8-11)15(16)17/h4-5,8,10,14H,6-7,9H2,1-3H3. The van der Waals surface area contributed by atoms with Gasteiger partial charge in [0.2, 0.25) is 0 Å². The van der Waals surface area contributed by atoms with E-state index in [1.807, 2.05) is 6.92 Å². The van der Waals surface area contributed by atoms with Crippen molar-refractivity contribution in [3.05, 3.63) is 33.9 Å². The summed E-state index contributed by atoms with van der Waals surface area (Å²) in [7, 11) is 0.616. The second-order valence-electron chi connectivity index (χ2n) is 4.61. The molecule has 6 nitrogen and oxygen atoms in total. The molecule has 0 bridgehead atoms. The molecule has 1 N–H and O–H groups in total. The van der Waals surface area contributed by atoms with Crippen LogP contribution in [-0.2, 0) is 17.3 Å². The van der Waals surface area contributed by atoms with Crippen LogP contribution >= 0.6 is 0 Å². The minimum absolute atomic E-state index is 0.0332. The number of methoxy groups -OCH3 is 1. The van der Waals surface area contributed by atoms with Crippen LogP contribution in [0.4, 0.5) is 5.69 Å². The predicted octanol–water partition coefficient (Wildman–Crippen LogP) is 1.85. The molecule has 0 radical (unpaired) electrons. The van der Waals surface area contributed by atoms with Gasteiger partial charge < -0.3 is 10.1 Å². The molecule has 1 rings (SSSR count). The zero-order valence-corrected chi connectivity index (χ0v) is 12.7. The Morgan fingerprint density at radius 2 is 2.20 bits per heavy atom. The predicted molar refractivity (Wildman–Crippen MR) is 79.5 cm³/mol. The largest absolute Gasteiger partial charge is 0.490 e. The lowest BCUT2D eigenvalue weighted by molar-refractivity contribution is -0.385. The Balaban J connectivity index is 2.62. The van der Waals surface area contributed by atoms with E-state index in [1.54, 1.807) is 18.4 Å². The molecule has 0 saturated heterocycles. The number of nitrogens with one attached hydrogen (secondary N) is 1. The molecule has 2 unspecified atom stereocenters. The fourth-order valence-electron chi connectivity index (χ4n) is 1.73. The summed E-state index contributed by atoms with van der Waals surface area (Å²) in [5.74, 6) is 0.907. The first kappa shape index (κ1) is 16.6. The van der Waals surface area contributed by atoms with Gasteiger partial charge in [-0.3, -0.25) is 14.3 Å². The van der Waals surface area contributed by atoms with Gasteiger partial charge in [-0.1, -0.05) is 6.07 Å². The first-order valence-electron chi connectivity index (χ1n) is 6.28. The summed E-state index contributed by atoms with van der Waals surface area (Å²) in [5.41, 5.74) is 0.788. The van der Waals surface area contributed by atoms with Crippen molar-refractivity contribution in [1.29, 1.82) is 0 Å². The van der Waals surface area contributed by atoms with Gasteiger partial charge in [0.15, 0.2) is 5.75 Å². The second-order valence-corrected chi connectivity index (χ2v) is 6.17. The molecule has 2 atom stereocenters. The monoisotopic (exact) mass is 300 g/mol. The van der Waals surface area contributed by atoms with E-state index in [1.165, 1.54) is 13.2 Å². The highest BCUT2D eigenvalue weighted by Crippen LogP contribution is 2.27. The minimum Gasteiger partial charge on any atom is -0.490 e. The van der Waals surface area contributed by atoms with Crippen molar-refractivity contribution in [3.63, 3.8) is 0 Å². The number of nitro groups is 1. The average Bonchev–Trinajstić information content (AvgIpc) is 2.42. The van der Waals surface area contributed by atoms with Gasteiger partial charge in [0.25, 0.3) is 0 Å². The van der Waals surface area contributed by atoms with Crippen molar-refractivity contribution < 1.29 is 13.9 Å². The number of hydrogen-bond acceptors (Lipinski definition) is 5. The highest BCUT2D eigenvalue weighted by Gasteiger charge is 2.15. The number of ether oxygens (including phenoxy) is 1. The summed E-state index contributed by atoms with van der Waals surface area (Å²) in [5, 5.41) is 14.2. The van der Waals surface area contributed by atoms with E-state index in [0.29, 0.717) is 12.3 Å². The lowest BCUT2D eigenvalue weighted by Gasteiger charge is -2.13. The van der Waals surface area contributed by atoms with Crippen LogP contribution in [0.2, 0.25) is 0 Å². The van der Waals surface area contributed by atoms with Gasteiger partial charge in [-0.2, -0.15) is 0 Å². The maximum atomic E-state index is 11.0. The zero-order chi connectivity index (χ0) is 15.1. The minimum atomic E-state index is -0.794. The summed E-state index contributed by atoms with van der Waals surface area (Å²) in [6.45, 7) is 2.53. The van der Waals surface area contributed by atoms with Crippen LogP contribution in [0.3, 0.4) is 0 Å². The van der Waals surface area contributed by atoms with Gasteiger partial charge in [-0.25, -0.2) is 0 Å². The van der Waals surface area contributed by atoms with Crippen LogP contribution in [-0.4, -0.2) is 34.3 Å². The van der Waals surface area contributed by atoms with Crippen molar-refractivity contribution in [2.75, 3.05) is 19.1 Å². The molecule has 1 aromatic rings. The van der Waals surface area contributed by atoms with Crippen LogP contribution < -0.4 is 10.1 Å². The number of nitrogens with zero attached hydrogens (tertiary/aromatic N) is 1. The molecule has 112 valence electrons. The van der Waals surface area contributed by atoms with Gasteiger partial charge in [-0.05, 0) is 25.0 Å². The Hall–Kier alpha value is -1.47. The normalized spacial score (nSPS) is 13.8. The Morgan fingerprint density at radius 3 is 2.75 bits per heavy atom. The Kier molecular flexibility index (Phi) is 6.60. The molecule has 0 saturated carbocycles. The molecule has 0 heterocycles. The van der Waals surface area contributed by atoms with Crippen molar-refractivity contribution in [1.82, 2.24) is 5.32 Å². The first-order chi connectivity index (χ1) is 9.43. The van der Waals surface area contributed by atoms with Gasteiger partial charge in [0.1, 0.15) is 0 Å². The van der Waals surface area contributed by atoms with E-state index < -0.39 is 15.7 Å². The summed E-state index contributed by atoms with van der Waals surface area (Å²) in [6, 6.07) is 5.11. The SMILES string of the molecule is COc1ccc(CNC(C)CCS(C)=O)cc1[N+](=O)[O-]. The van der Waals surface area contributed by atoms with Gasteiger partial charge >= 0.3 is 5.69 Å². The quantitative estimate of drug-likeness (QED) is 0.585. The molecule has 0 spiro atoms. The van der Waals surface area contributed by atoms with Crippen LogP contribution in [0.15, 0.2) is 18.2 Å². The summed E-state index contributed by atoms with van der Waals surface area (Å²) < 4.78 is 16.0. The number of rotatable bonds is 8.